The minimum Gasteiger partial charge on any atom is -0.383 e. The van der Waals surface area contributed by atoms with Gasteiger partial charge in [0.25, 0.3) is 0 Å². The number of nitrogens with two attached hydrogens (primary N) is 1. The minimum atomic E-state index is 0.581. The van der Waals surface area contributed by atoms with Gasteiger partial charge in [0.2, 0.25) is 0 Å². The molecule has 0 saturated heterocycles. The summed E-state index contributed by atoms with van der Waals surface area (Å²) < 4.78 is 0. The van der Waals surface area contributed by atoms with E-state index in [0.717, 1.165) is 43.3 Å². The highest BCUT2D eigenvalue weighted by Gasteiger charge is 2.16. The number of aromatic nitrogens is 2. The maximum atomic E-state index is 6.03. The molecular weight excluding hydrogens is 250 g/mol. The van der Waals surface area contributed by atoms with Crippen molar-refractivity contribution in [1.82, 2.24) is 14.9 Å². The van der Waals surface area contributed by atoms with Crippen LogP contribution in [0.2, 0.25) is 0 Å². The maximum Gasteiger partial charge on any atom is 0.137 e. The van der Waals surface area contributed by atoms with Crippen molar-refractivity contribution >= 4 is 11.6 Å². The first-order chi connectivity index (χ1) is 9.35. The number of likely N-dealkylation sites (N-methyl/N-ethyl adjacent to an activating group) is 1. The van der Waals surface area contributed by atoms with Crippen molar-refractivity contribution in [3.63, 3.8) is 0 Å². The Morgan fingerprint density at radius 2 is 1.80 bits per heavy atom. The first-order valence-corrected chi connectivity index (χ1v) is 7.37. The van der Waals surface area contributed by atoms with E-state index in [-0.39, 0.29) is 0 Å². The van der Waals surface area contributed by atoms with Crippen LogP contribution in [0.25, 0.3) is 0 Å². The van der Waals surface area contributed by atoms with Gasteiger partial charge in [-0.3, -0.25) is 0 Å². The van der Waals surface area contributed by atoms with Crippen molar-refractivity contribution in [2.24, 2.45) is 5.92 Å². The zero-order chi connectivity index (χ0) is 15.3. The molecule has 5 nitrogen and oxygen atoms in total. The van der Waals surface area contributed by atoms with Crippen molar-refractivity contribution in [3.05, 3.63) is 11.4 Å². The van der Waals surface area contributed by atoms with E-state index in [2.05, 4.69) is 49.7 Å². The lowest BCUT2D eigenvalue weighted by Gasteiger charge is -2.29. The fraction of sp³-hybridized carbons (Fsp3) is 0.733. The molecule has 20 heavy (non-hydrogen) atoms. The third-order valence-corrected chi connectivity index (χ3v) is 3.22. The van der Waals surface area contributed by atoms with Crippen molar-refractivity contribution in [3.8, 4) is 0 Å². The molecule has 0 radical (unpaired) electrons. The van der Waals surface area contributed by atoms with Crippen LogP contribution < -0.4 is 10.6 Å². The number of nitrogens with zero attached hydrogens (tertiary/aromatic N) is 4. The Balaban J connectivity index is 3.07. The normalized spacial score (nSPS) is 11.4. The van der Waals surface area contributed by atoms with E-state index in [1.54, 1.807) is 0 Å². The number of hydrogen-bond donors (Lipinski definition) is 1. The van der Waals surface area contributed by atoms with Gasteiger partial charge in [-0.2, -0.15) is 0 Å². The number of aryl methyl sites for hydroxylation is 1. The number of rotatable bonds is 7. The maximum absolute atomic E-state index is 6.03. The number of nitrogen functional groups attached to an aromatic ring is 1. The molecule has 0 aliphatic carbocycles. The van der Waals surface area contributed by atoms with E-state index >= 15 is 0 Å². The fourth-order valence-electron chi connectivity index (χ4n) is 2.08. The molecule has 5 heteroatoms. The third kappa shape index (κ3) is 4.63. The zero-order valence-electron chi connectivity index (χ0n) is 13.8. The van der Waals surface area contributed by atoms with Crippen molar-refractivity contribution in [1.29, 1.82) is 0 Å². The second-order valence-corrected chi connectivity index (χ2v) is 5.97. The first kappa shape index (κ1) is 16.7. The lowest BCUT2D eigenvalue weighted by Crippen LogP contribution is -2.35. The Labute approximate surface area is 123 Å². The van der Waals surface area contributed by atoms with Gasteiger partial charge in [0.15, 0.2) is 0 Å². The minimum absolute atomic E-state index is 0.581. The third-order valence-electron chi connectivity index (χ3n) is 3.22. The summed E-state index contributed by atoms with van der Waals surface area (Å²) in [6.45, 7) is 11.4. The molecule has 0 saturated carbocycles. The summed E-state index contributed by atoms with van der Waals surface area (Å²) in [5, 5.41) is 0. The quantitative estimate of drug-likeness (QED) is 0.827. The van der Waals surface area contributed by atoms with E-state index in [0.29, 0.717) is 11.7 Å². The highest BCUT2D eigenvalue weighted by atomic mass is 15.2. The van der Waals surface area contributed by atoms with Gasteiger partial charge in [0.05, 0.1) is 0 Å². The van der Waals surface area contributed by atoms with Crippen molar-refractivity contribution in [2.45, 2.75) is 34.1 Å². The predicted molar refractivity (Wildman–Crippen MR) is 86.2 cm³/mol. The summed E-state index contributed by atoms with van der Waals surface area (Å²) in [6, 6.07) is 0. The summed E-state index contributed by atoms with van der Waals surface area (Å²) in [6.07, 6.45) is 0.806. The Kier molecular flexibility index (Phi) is 6.20. The molecule has 0 unspecified atom stereocenters. The standard InChI is InChI=1S/C15H29N5/c1-7-13-17-14(16)12(4)15(18-13)20(10-11(2)3)9-8-19(5)6/h11H,7-10H2,1-6H3,(H2,16,17,18). The molecular formula is C15H29N5. The molecule has 1 heterocycles. The Morgan fingerprint density at radius 3 is 2.30 bits per heavy atom. The highest BCUT2D eigenvalue weighted by Crippen LogP contribution is 2.22. The van der Waals surface area contributed by atoms with Crippen LogP contribution in [0.1, 0.15) is 32.2 Å². The fourth-order valence-corrected chi connectivity index (χ4v) is 2.08. The van der Waals surface area contributed by atoms with Crippen LogP contribution in [0.3, 0.4) is 0 Å². The monoisotopic (exact) mass is 279 g/mol. The molecule has 1 aromatic heterocycles. The molecule has 0 amide bonds. The molecule has 0 aliphatic rings. The number of hydrogen-bond acceptors (Lipinski definition) is 5. The topological polar surface area (TPSA) is 58.3 Å². The summed E-state index contributed by atoms with van der Waals surface area (Å²) >= 11 is 0. The van der Waals surface area contributed by atoms with Gasteiger partial charge in [-0.05, 0) is 26.9 Å². The SMILES string of the molecule is CCc1nc(N)c(C)c(N(CCN(C)C)CC(C)C)n1. The summed E-state index contributed by atoms with van der Waals surface area (Å²) in [7, 11) is 4.18. The molecule has 1 aromatic rings. The van der Waals surface area contributed by atoms with Crippen LogP contribution in [0.5, 0.6) is 0 Å². The Hall–Kier alpha value is -1.36. The van der Waals surface area contributed by atoms with Crippen LogP contribution in [-0.2, 0) is 6.42 Å². The molecule has 2 N–H and O–H groups in total. The lowest BCUT2D eigenvalue weighted by atomic mass is 10.2. The average Bonchev–Trinajstić information content (AvgIpc) is 2.37. The lowest BCUT2D eigenvalue weighted by molar-refractivity contribution is 0.408. The van der Waals surface area contributed by atoms with Gasteiger partial charge < -0.3 is 15.5 Å². The summed E-state index contributed by atoms with van der Waals surface area (Å²) in [4.78, 5) is 13.6. The van der Waals surface area contributed by atoms with Gasteiger partial charge >= 0.3 is 0 Å². The molecule has 0 fully saturated rings. The second-order valence-electron chi connectivity index (χ2n) is 5.97. The molecule has 0 aromatic carbocycles. The van der Waals surface area contributed by atoms with Crippen LogP contribution in [0.4, 0.5) is 11.6 Å². The van der Waals surface area contributed by atoms with Crippen LogP contribution in [0.15, 0.2) is 0 Å². The van der Waals surface area contributed by atoms with Crippen LogP contribution in [0, 0.1) is 12.8 Å². The molecule has 0 atom stereocenters. The first-order valence-electron chi connectivity index (χ1n) is 7.37. The highest BCUT2D eigenvalue weighted by molar-refractivity contribution is 5.56. The van der Waals surface area contributed by atoms with Gasteiger partial charge in [-0.15, -0.1) is 0 Å². The van der Waals surface area contributed by atoms with E-state index in [1.165, 1.54) is 0 Å². The van der Waals surface area contributed by atoms with E-state index in [1.807, 2.05) is 6.92 Å². The summed E-state index contributed by atoms with van der Waals surface area (Å²) in [5.41, 5.74) is 7.02. The van der Waals surface area contributed by atoms with Gasteiger partial charge in [-0.25, -0.2) is 9.97 Å². The van der Waals surface area contributed by atoms with Crippen LogP contribution in [-0.4, -0.2) is 48.6 Å². The summed E-state index contributed by atoms with van der Waals surface area (Å²) in [5.74, 6) is 3.00. The van der Waals surface area contributed by atoms with Crippen molar-refractivity contribution < 1.29 is 0 Å². The smallest absolute Gasteiger partial charge is 0.137 e. The van der Waals surface area contributed by atoms with Gasteiger partial charge in [0.1, 0.15) is 17.5 Å². The molecule has 0 spiro atoms. The molecule has 114 valence electrons. The number of anilines is 2. The van der Waals surface area contributed by atoms with E-state index < -0.39 is 0 Å². The Morgan fingerprint density at radius 1 is 1.15 bits per heavy atom. The van der Waals surface area contributed by atoms with E-state index in [9.17, 15) is 0 Å². The molecule has 0 bridgehead atoms. The van der Waals surface area contributed by atoms with E-state index in [4.69, 9.17) is 10.7 Å². The predicted octanol–water partition coefficient (Wildman–Crippen LogP) is 1.95. The van der Waals surface area contributed by atoms with Crippen LogP contribution >= 0.6 is 0 Å². The van der Waals surface area contributed by atoms with Gasteiger partial charge in [0, 0.05) is 31.6 Å². The largest absolute Gasteiger partial charge is 0.383 e. The molecule has 0 aliphatic heterocycles. The zero-order valence-corrected chi connectivity index (χ0v) is 13.8. The second kappa shape index (κ2) is 7.43. The molecule has 1 rings (SSSR count). The Bertz CT molecular complexity index is 429. The van der Waals surface area contributed by atoms with Crippen molar-refractivity contribution in [2.75, 3.05) is 44.4 Å². The average molecular weight is 279 g/mol. The van der Waals surface area contributed by atoms with Gasteiger partial charge in [-0.1, -0.05) is 20.8 Å².